The maximum Gasteiger partial charge on any atom is 0.193 e. The molecule has 24 heavy (non-hydrogen) atoms. The van der Waals surface area contributed by atoms with Gasteiger partial charge in [-0.25, -0.2) is 4.39 Å². The van der Waals surface area contributed by atoms with Crippen LogP contribution in [0.15, 0.2) is 53.7 Å². The summed E-state index contributed by atoms with van der Waals surface area (Å²) in [6, 6.07) is 12.7. The molecule has 1 unspecified atom stereocenters. The first-order chi connectivity index (χ1) is 11.7. The van der Waals surface area contributed by atoms with Crippen LogP contribution in [0.25, 0.3) is 0 Å². The molecule has 1 N–H and O–H groups in total. The topological polar surface area (TPSA) is 40.5 Å². The maximum absolute atomic E-state index is 13.0. The smallest absolute Gasteiger partial charge is 0.193 e. The van der Waals surface area contributed by atoms with Gasteiger partial charge in [0.1, 0.15) is 5.82 Å². The number of rotatable bonds is 4. The summed E-state index contributed by atoms with van der Waals surface area (Å²) in [5.74, 6) is 1.32. The van der Waals surface area contributed by atoms with Gasteiger partial charge in [-0.1, -0.05) is 18.2 Å². The van der Waals surface area contributed by atoms with Crippen LogP contribution in [0.2, 0.25) is 0 Å². The highest BCUT2D eigenvalue weighted by atomic mass is 19.1. The maximum atomic E-state index is 13.0. The first-order valence-electron chi connectivity index (χ1n) is 8.34. The van der Waals surface area contributed by atoms with Crippen molar-refractivity contribution in [2.45, 2.75) is 19.4 Å². The van der Waals surface area contributed by atoms with E-state index in [1.165, 1.54) is 17.7 Å². The van der Waals surface area contributed by atoms with E-state index < -0.39 is 0 Å². The Morgan fingerprint density at radius 1 is 1.29 bits per heavy atom. The van der Waals surface area contributed by atoms with E-state index in [-0.39, 0.29) is 5.82 Å². The van der Waals surface area contributed by atoms with Gasteiger partial charge in [-0.3, -0.25) is 9.98 Å². The zero-order valence-electron chi connectivity index (χ0n) is 14.0. The molecule has 1 aromatic heterocycles. The molecule has 1 aliphatic heterocycles. The van der Waals surface area contributed by atoms with Gasteiger partial charge in [-0.15, -0.1) is 0 Å². The third-order valence-corrected chi connectivity index (χ3v) is 4.39. The number of pyridine rings is 1. The van der Waals surface area contributed by atoms with Crippen molar-refractivity contribution in [1.29, 1.82) is 0 Å². The molecule has 4 nitrogen and oxygen atoms in total. The third kappa shape index (κ3) is 4.31. The fourth-order valence-electron chi connectivity index (χ4n) is 3.15. The van der Waals surface area contributed by atoms with Crippen molar-refractivity contribution in [3.63, 3.8) is 0 Å². The second kappa shape index (κ2) is 7.90. The van der Waals surface area contributed by atoms with Crippen LogP contribution in [-0.4, -0.2) is 36.0 Å². The quantitative estimate of drug-likeness (QED) is 0.694. The third-order valence-electron chi connectivity index (χ3n) is 4.39. The van der Waals surface area contributed by atoms with E-state index in [4.69, 9.17) is 0 Å². The van der Waals surface area contributed by atoms with E-state index in [2.05, 4.69) is 20.2 Å². The van der Waals surface area contributed by atoms with Crippen molar-refractivity contribution in [1.82, 2.24) is 15.2 Å². The zero-order valence-corrected chi connectivity index (χ0v) is 14.0. The van der Waals surface area contributed by atoms with Crippen LogP contribution in [0.5, 0.6) is 0 Å². The number of guanidine groups is 1. The predicted octanol–water partition coefficient (Wildman–Crippen LogP) is 2.86. The molecule has 2 heterocycles. The number of hydrogen-bond acceptors (Lipinski definition) is 2. The van der Waals surface area contributed by atoms with Crippen LogP contribution in [-0.2, 0) is 13.0 Å². The molecule has 1 saturated heterocycles. The lowest BCUT2D eigenvalue weighted by Crippen LogP contribution is -2.39. The standard InChI is InChI=1S/C19H23FN4/c1-21-19(23-13-18-4-2-3-10-22-18)24-11-9-16(14-24)12-15-5-7-17(20)8-6-15/h2-8,10,16H,9,11-14H2,1H3,(H,21,23). The SMILES string of the molecule is CN=C(NCc1ccccn1)N1CCC(Cc2ccc(F)cc2)C1. The largest absolute Gasteiger partial charge is 0.351 e. The number of halogens is 1. The number of nitrogens with zero attached hydrogens (tertiary/aromatic N) is 3. The Hall–Kier alpha value is -2.43. The summed E-state index contributed by atoms with van der Waals surface area (Å²) in [5.41, 5.74) is 2.19. The number of aliphatic imine (C=N–C) groups is 1. The van der Waals surface area contributed by atoms with E-state index in [9.17, 15) is 4.39 Å². The summed E-state index contributed by atoms with van der Waals surface area (Å²) in [6.07, 6.45) is 3.91. The molecule has 0 amide bonds. The summed E-state index contributed by atoms with van der Waals surface area (Å²) >= 11 is 0. The van der Waals surface area contributed by atoms with Gasteiger partial charge in [0.15, 0.2) is 5.96 Å². The summed E-state index contributed by atoms with van der Waals surface area (Å²) in [7, 11) is 1.81. The molecule has 126 valence electrons. The lowest BCUT2D eigenvalue weighted by molar-refractivity contribution is 0.459. The Morgan fingerprint density at radius 3 is 2.83 bits per heavy atom. The van der Waals surface area contributed by atoms with Gasteiger partial charge in [0.2, 0.25) is 0 Å². The minimum atomic E-state index is -0.175. The molecule has 1 atom stereocenters. The molecule has 1 aliphatic rings. The van der Waals surface area contributed by atoms with E-state index in [0.717, 1.165) is 37.6 Å². The van der Waals surface area contributed by atoms with Gasteiger partial charge < -0.3 is 10.2 Å². The first-order valence-corrected chi connectivity index (χ1v) is 8.34. The fraction of sp³-hybridized carbons (Fsp3) is 0.368. The zero-order chi connectivity index (χ0) is 16.8. The molecule has 0 radical (unpaired) electrons. The molecular weight excluding hydrogens is 303 g/mol. The average Bonchev–Trinajstić information content (AvgIpc) is 3.07. The Balaban J connectivity index is 1.52. The van der Waals surface area contributed by atoms with Crippen LogP contribution in [0.3, 0.4) is 0 Å². The Labute approximate surface area is 142 Å². The predicted molar refractivity (Wildman–Crippen MR) is 94.2 cm³/mol. The van der Waals surface area contributed by atoms with Crippen molar-refractivity contribution in [2.75, 3.05) is 20.1 Å². The van der Waals surface area contributed by atoms with Crippen LogP contribution < -0.4 is 5.32 Å². The lowest BCUT2D eigenvalue weighted by Gasteiger charge is -2.21. The monoisotopic (exact) mass is 326 g/mol. The van der Waals surface area contributed by atoms with Gasteiger partial charge in [0.25, 0.3) is 0 Å². The summed E-state index contributed by atoms with van der Waals surface area (Å²) in [6.45, 7) is 2.64. The molecule has 1 aromatic carbocycles. The van der Waals surface area contributed by atoms with Crippen molar-refractivity contribution < 1.29 is 4.39 Å². The molecule has 0 spiro atoms. The van der Waals surface area contributed by atoms with Crippen LogP contribution in [0.1, 0.15) is 17.7 Å². The lowest BCUT2D eigenvalue weighted by atomic mass is 9.99. The Bertz CT molecular complexity index is 670. The number of nitrogens with one attached hydrogen (secondary N) is 1. The molecule has 3 rings (SSSR count). The minimum Gasteiger partial charge on any atom is -0.351 e. The van der Waals surface area contributed by atoms with Crippen LogP contribution in [0.4, 0.5) is 4.39 Å². The number of aromatic nitrogens is 1. The van der Waals surface area contributed by atoms with Crippen molar-refractivity contribution in [2.24, 2.45) is 10.9 Å². The van der Waals surface area contributed by atoms with Crippen LogP contribution >= 0.6 is 0 Å². The highest BCUT2D eigenvalue weighted by Crippen LogP contribution is 2.21. The summed E-state index contributed by atoms with van der Waals surface area (Å²) in [4.78, 5) is 11.0. The second-order valence-electron chi connectivity index (χ2n) is 6.15. The van der Waals surface area contributed by atoms with Gasteiger partial charge in [0.05, 0.1) is 12.2 Å². The molecular formula is C19H23FN4. The highest BCUT2D eigenvalue weighted by Gasteiger charge is 2.24. The number of hydrogen-bond donors (Lipinski definition) is 1. The summed E-state index contributed by atoms with van der Waals surface area (Å²) < 4.78 is 13.0. The second-order valence-corrected chi connectivity index (χ2v) is 6.15. The molecule has 0 saturated carbocycles. The van der Waals surface area contributed by atoms with E-state index in [0.29, 0.717) is 12.5 Å². The van der Waals surface area contributed by atoms with Crippen molar-refractivity contribution in [3.05, 3.63) is 65.7 Å². The molecule has 5 heteroatoms. The molecule has 1 fully saturated rings. The molecule has 0 aliphatic carbocycles. The Kier molecular flexibility index (Phi) is 5.41. The number of likely N-dealkylation sites (tertiary alicyclic amines) is 1. The van der Waals surface area contributed by atoms with E-state index in [1.54, 1.807) is 6.20 Å². The average molecular weight is 326 g/mol. The number of benzene rings is 1. The fourth-order valence-corrected chi connectivity index (χ4v) is 3.15. The molecule has 2 aromatic rings. The Morgan fingerprint density at radius 2 is 2.12 bits per heavy atom. The van der Waals surface area contributed by atoms with Gasteiger partial charge in [-0.05, 0) is 48.6 Å². The van der Waals surface area contributed by atoms with Crippen molar-refractivity contribution in [3.8, 4) is 0 Å². The van der Waals surface area contributed by atoms with Gasteiger partial charge in [0, 0.05) is 26.3 Å². The first kappa shape index (κ1) is 16.4. The molecule has 0 bridgehead atoms. The normalized spacial score (nSPS) is 18.0. The van der Waals surface area contributed by atoms with E-state index >= 15 is 0 Å². The van der Waals surface area contributed by atoms with Crippen molar-refractivity contribution >= 4 is 5.96 Å². The summed E-state index contributed by atoms with van der Waals surface area (Å²) in [5, 5.41) is 3.38. The highest BCUT2D eigenvalue weighted by molar-refractivity contribution is 5.80. The van der Waals surface area contributed by atoms with Gasteiger partial charge in [-0.2, -0.15) is 0 Å². The van der Waals surface area contributed by atoms with Gasteiger partial charge >= 0.3 is 0 Å². The van der Waals surface area contributed by atoms with E-state index in [1.807, 2.05) is 37.4 Å². The van der Waals surface area contributed by atoms with Crippen LogP contribution in [0, 0.1) is 11.7 Å². The minimum absolute atomic E-state index is 0.175.